The molecule has 0 saturated heterocycles. The quantitative estimate of drug-likeness (QED) is 0.555. The van der Waals surface area contributed by atoms with E-state index in [9.17, 15) is 4.39 Å². The monoisotopic (exact) mass is 329 g/mol. The van der Waals surface area contributed by atoms with Gasteiger partial charge in [0.2, 0.25) is 0 Å². The molecule has 1 N–H and O–H groups in total. The zero-order valence-electron chi connectivity index (χ0n) is 12.4. The van der Waals surface area contributed by atoms with Crippen molar-refractivity contribution in [3.05, 3.63) is 60.4 Å². The molecule has 6 heteroatoms. The van der Waals surface area contributed by atoms with Crippen LogP contribution in [-0.2, 0) is 0 Å². The summed E-state index contributed by atoms with van der Waals surface area (Å²) < 4.78 is 15.1. The van der Waals surface area contributed by atoms with E-state index in [1.165, 1.54) is 23.9 Å². The van der Waals surface area contributed by atoms with Gasteiger partial charge in [0.15, 0.2) is 11.0 Å². The van der Waals surface area contributed by atoms with Gasteiger partial charge < -0.3 is 5.11 Å². The fourth-order valence-corrected chi connectivity index (χ4v) is 3.06. The number of hydrogen-bond donors (Lipinski definition) is 1. The SMILES string of the molecule is OCCCSc1nnc(-c2ccccc2)n1-c1ccc(F)cc1. The van der Waals surface area contributed by atoms with Crippen LogP contribution in [0.1, 0.15) is 6.42 Å². The first kappa shape index (κ1) is 15.7. The van der Waals surface area contributed by atoms with Gasteiger partial charge in [0.25, 0.3) is 0 Å². The number of aliphatic hydroxyl groups is 1. The maximum absolute atomic E-state index is 13.2. The number of benzene rings is 2. The van der Waals surface area contributed by atoms with Gasteiger partial charge in [0.1, 0.15) is 5.82 Å². The molecule has 0 fully saturated rings. The third-order valence-electron chi connectivity index (χ3n) is 3.28. The average molecular weight is 329 g/mol. The first-order valence-electron chi connectivity index (χ1n) is 7.30. The summed E-state index contributed by atoms with van der Waals surface area (Å²) >= 11 is 1.52. The highest BCUT2D eigenvalue weighted by atomic mass is 32.2. The van der Waals surface area contributed by atoms with Gasteiger partial charge in [-0.3, -0.25) is 4.57 Å². The number of rotatable bonds is 6. The number of nitrogens with zero attached hydrogens (tertiary/aromatic N) is 3. The van der Waals surface area contributed by atoms with Crippen LogP contribution in [0.4, 0.5) is 4.39 Å². The second kappa shape index (κ2) is 7.39. The van der Waals surface area contributed by atoms with Crippen LogP contribution in [0.25, 0.3) is 17.1 Å². The van der Waals surface area contributed by atoms with Crippen LogP contribution in [-0.4, -0.2) is 32.2 Å². The Morgan fingerprint density at radius 1 is 1.00 bits per heavy atom. The third kappa shape index (κ3) is 3.60. The summed E-state index contributed by atoms with van der Waals surface area (Å²) in [5, 5.41) is 18.2. The molecule has 2 aromatic carbocycles. The predicted molar refractivity (Wildman–Crippen MR) is 89.2 cm³/mol. The van der Waals surface area contributed by atoms with Gasteiger partial charge in [-0.1, -0.05) is 42.1 Å². The highest BCUT2D eigenvalue weighted by Gasteiger charge is 2.15. The molecule has 0 aliphatic rings. The number of halogens is 1. The molecule has 0 unspecified atom stereocenters. The summed E-state index contributed by atoms with van der Waals surface area (Å²) in [6.07, 6.45) is 0.682. The van der Waals surface area contributed by atoms with E-state index >= 15 is 0 Å². The zero-order valence-corrected chi connectivity index (χ0v) is 13.2. The Morgan fingerprint density at radius 2 is 1.74 bits per heavy atom. The molecule has 0 radical (unpaired) electrons. The molecule has 0 bridgehead atoms. The molecule has 0 aliphatic carbocycles. The average Bonchev–Trinajstić information content (AvgIpc) is 3.00. The van der Waals surface area contributed by atoms with Gasteiger partial charge in [-0.15, -0.1) is 10.2 Å². The lowest BCUT2D eigenvalue weighted by Crippen LogP contribution is -2.00. The van der Waals surface area contributed by atoms with Crippen LogP contribution in [0.5, 0.6) is 0 Å². The number of aliphatic hydroxyl groups excluding tert-OH is 1. The standard InChI is InChI=1S/C17H16FN3OS/c18-14-7-9-15(10-8-14)21-16(13-5-2-1-3-6-13)19-20-17(21)23-12-4-11-22/h1-3,5-10,22H,4,11-12H2. The van der Waals surface area contributed by atoms with E-state index < -0.39 is 0 Å². The molecule has 3 aromatic rings. The predicted octanol–water partition coefficient (Wildman–Crippen LogP) is 3.55. The zero-order chi connectivity index (χ0) is 16.1. The van der Waals surface area contributed by atoms with Crippen molar-refractivity contribution in [2.75, 3.05) is 12.4 Å². The molecule has 0 saturated carbocycles. The normalized spacial score (nSPS) is 10.9. The summed E-state index contributed by atoms with van der Waals surface area (Å²) in [7, 11) is 0. The lowest BCUT2D eigenvalue weighted by Gasteiger charge is -2.10. The van der Waals surface area contributed by atoms with Crippen molar-refractivity contribution < 1.29 is 9.50 Å². The molecule has 118 valence electrons. The second-order valence-electron chi connectivity index (χ2n) is 4.91. The summed E-state index contributed by atoms with van der Waals surface area (Å²) in [5.41, 5.74) is 1.75. The van der Waals surface area contributed by atoms with Crippen LogP contribution in [0.2, 0.25) is 0 Å². The van der Waals surface area contributed by atoms with E-state index in [-0.39, 0.29) is 12.4 Å². The summed E-state index contributed by atoms with van der Waals surface area (Å²) in [5.74, 6) is 1.17. The van der Waals surface area contributed by atoms with Gasteiger partial charge >= 0.3 is 0 Å². The third-order valence-corrected chi connectivity index (χ3v) is 4.30. The Kier molecular flexibility index (Phi) is 5.05. The van der Waals surface area contributed by atoms with Crippen LogP contribution in [0.3, 0.4) is 0 Å². The summed E-state index contributed by atoms with van der Waals surface area (Å²) in [4.78, 5) is 0. The molecule has 0 atom stereocenters. The minimum atomic E-state index is -0.280. The van der Waals surface area contributed by atoms with Gasteiger partial charge in [0, 0.05) is 23.6 Å². The van der Waals surface area contributed by atoms with E-state index in [0.717, 1.165) is 22.2 Å². The largest absolute Gasteiger partial charge is 0.396 e. The van der Waals surface area contributed by atoms with Gasteiger partial charge in [0.05, 0.1) is 0 Å². The van der Waals surface area contributed by atoms with E-state index in [0.29, 0.717) is 12.2 Å². The second-order valence-corrected chi connectivity index (χ2v) is 5.97. The number of thioether (sulfide) groups is 1. The molecule has 0 spiro atoms. The smallest absolute Gasteiger partial charge is 0.196 e. The van der Waals surface area contributed by atoms with Crippen LogP contribution in [0.15, 0.2) is 59.8 Å². The Labute approximate surface area is 138 Å². The lowest BCUT2D eigenvalue weighted by molar-refractivity contribution is 0.296. The first-order chi connectivity index (χ1) is 11.3. The van der Waals surface area contributed by atoms with Gasteiger partial charge in [-0.05, 0) is 30.7 Å². The highest BCUT2D eigenvalue weighted by molar-refractivity contribution is 7.99. The number of aromatic nitrogens is 3. The maximum Gasteiger partial charge on any atom is 0.196 e. The summed E-state index contributed by atoms with van der Waals surface area (Å²) in [6, 6.07) is 16.0. The summed E-state index contributed by atoms with van der Waals surface area (Å²) in [6.45, 7) is 0.142. The number of hydrogen-bond acceptors (Lipinski definition) is 4. The van der Waals surface area contributed by atoms with Crippen molar-refractivity contribution >= 4 is 11.8 Å². The van der Waals surface area contributed by atoms with Crippen LogP contribution in [0, 0.1) is 5.82 Å². The van der Waals surface area contributed by atoms with Crippen molar-refractivity contribution in [1.82, 2.24) is 14.8 Å². The molecule has 3 rings (SSSR count). The Hall–Kier alpha value is -2.18. The highest BCUT2D eigenvalue weighted by Crippen LogP contribution is 2.28. The molecule has 23 heavy (non-hydrogen) atoms. The van der Waals surface area contributed by atoms with Crippen molar-refractivity contribution in [1.29, 1.82) is 0 Å². The maximum atomic E-state index is 13.2. The van der Waals surface area contributed by atoms with E-state index in [1.807, 2.05) is 34.9 Å². The van der Waals surface area contributed by atoms with Crippen molar-refractivity contribution in [2.24, 2.45) is 0 Å². The Bertz CT molecular complexity index is 759. The Morgan fingerprint density at radius 3 is 2.43 bits per heavy atom. The van der Waals surface area contributed by atoms with Crippen LogP contribution < -0.4 is 0 Å². The molecule has 1 aromatic heterocycles. The van der Waals surface area contributed by atoms with Crippen LogP contribution >= 0.6 is 11.8 Å². The van der Waals surface area contributed by atoms with Crippen molar-refractivity contribution in [2.45, 2.75) is 11.6 Å². The molecule has 4 nitrogen and oxygen atoms in total. The molecular weight excluding hydrogens is 313 g/mol. The molecule has 0 aliphatic heterocycles. The molecule has 0 amide bonds. The fourth-order valence-electron chi connectivity index (χ4n) is 2.19. The van der Waals surface area contributed by atoms with E-state index in [4.69, 9.17) is 5.11 Å². The lowest BCUT2D eigenvalue weighted by atomic mass is 10.2. The molecular formula is C17H16FN3OS. The van der Waals surface area contributed by atoms with Gasteiger partial charge in [-0.2, -0.15) is 0 Å². The topological polar surface area (TPSA) is 50.9 Å². The van der Waals surface area contributed by atoms with E-state index in [2.05, 4.69) is 10.2 Å². The fraction of sp³-hybridized carbons (Fsp3) is 0.176. The first-order valence-corrected chi connectivity index (χ1v) is 8.28. The van der Waals surface area contributed by atoms with E-state index in [1.54, 1.807) is 12.1 Å². The van der Waals surface area contributed by atoms with Crippen molar-refractivity contribution in [3.8, 4) is 17.1 Å². The molecule has 1 heterocycles. The Balaban J connectivity index is 2.04. The minimum Gasteiger partial charge on any atom is -0.396 e. The van der Waals surface area contributed by atoms with Crippen molar-refractivity contribution in [3.63, 3.8) is 0 Å². The minimum absolute atomic E-state index is 0.142. The van der Waals surface area contributed by atoms with Gasteiger partial charge in [-0.25, -0.2) is 4.39 Å².